The Morgan fingerprint density at radius 1 is 1.05 bits per heavy atom. The highest BCUT2D eigenvalue weighted by atomic mass is 35.5. The summed E-state index contributed by atoms with van der Waals surface area (Å²) in [4.78, 5) is 24.0. The molecule has 5 heteroatoms. The molecular weight excluding hydrogens is 290 g/mol. The summed E-state index contributed by atoms with van der Waals surface area (Å²) in [6, 6.07) is 11.8. The SMILES string of the molecule is COC(=O)c1ccccc1NC(=O)c1cccc(C)c1Cl. The number of carbonyl (C=O) groups is 2. The number of hydrogen-bond acceptors (Lipinski definition) is 3. The molecule has 2 rings (SSSR count). The molecule has 0 bridgehead atoms. The minimum Gasteiger partial charge on any atom is -0.465 e. The van der Waals surface area contributed by atoms with E-state index in [0.717, 1.165) is 5.56 Å². The van der Waals surface area contributed by atoms with Crippen molar-refractivity contribution >= 4 is 29.2 Å². The van der Waals surface area contributed by atoms with Gasteiger partial charge in [0, 0.05) is 0 Å². The predicted molar refractivity (Wildman–Crippen MR) is 81.9 cm³/mol. The lowest BCUT2D eigenvalue weighted by molar-refractivity contribution is 0.0602. The van der Waals surface area contributed by atoms with E-state index >= 15 is 0 Å². The molecule has 0 unspecified atom stereocenters. The number of aryl methyl sites for hydroxylation is 1. The normalized spacial score (nSPS) is 10.0. The zero-order chi connectivity index (χ0) is 15.4. The smallest absolute Gasteiger partial charge is 0.339 e. The molecule has 4 nitrogen and oxygen atoms in total. The Morgan fingerprint density at radius 3 is 2.43 bits per heavy atom. The van der Waals surface area contributed by atoms with Crippen molar-refractivity contribution in [2.24, 2.45) is 0 Å². The molecule has 1 N–H and O–H groups in total. The quantitative estimate of drug-likeness (QED) is 0.880. The Labute approximate surface area is 127 Å². The average Bonchev–Trinajstić information content (AvgIpc) is 2.49. The number of halogens is 1. The number of carbonyl (C=O) groups excluding carboxylic acids is 2. The van der Waals surface area contributed by atoms with Crippen molar-refractivity contribution in [2.75, 3.05) is 12.4 Å². The lowest BCUT2D eigenvalue weighted by atomic mass is 10.1. The van der Waals surface area contributed by atoms with E-state index in [9.17, 15) is 9.59 Å². The first-order chi connectivity index (χ1) is 10.0. The summed E-state index contributed by atoms with van der Waals surface area (Å²) in [5.74, 6) is -0.888. The molecule has 0 fully saturated rings. The van der Waals surface area contributed by atoms with Crippen LogP contribution in [0.4, 0.5) is 5.69 Å². The lowest BCUT2D eigenvalue weighted by Crippen LogP contribution is -2.16. The number of esters is 1. The van der Waals surface area contributed by atoms with Crippen LogP contribution in [0.1, 0.15) is 26.3 Å². The second-order valence-corrected chi connectivity index (χ2v) is 4.81. The summed E-state index contributed by atoms with van der Waals surface area (Å²) in [6.45, 7) is 1.82. The summed E-state index contributed by atoms with van der Waals surface area (Å²) in [5.41, 5.74) is 1.84. The van der Waals surface area contributed by atoms with Crippen LogP contribution in [0.15, 0.2) is 42.5 Å². The first kappa shape index (κ1) is 15.1. The van der Waals surface area contributed by atoms with Gasteiger partial charge in [-0.1, -0.05) is 35.9 Å². The number of rotatable bonds is 3. The molecule has 0 aliphatic rings. The number of para-hydroxylation sites is 1. The molecule has 0 saturated heterocycles. The maximum Gasteiger partial charge on any atom is 0.339 e. The van der Waals surface area contributed by atoms with E-state index in [4.69, 9.17) is 16.3 Å². The molecule has 0 radical (unpaired) electrons. The second-order valence-electron chi connectivity index (χ2n) is 4.43. The fourth-order valence-electron chi connectivity index (χ4n) is 1.89. The van der Waals surface area contributed by atoms with Crippen molar-refractivity contribution in [1.82, 2.24) is 0 Å². The molecule has 108 valence electrons. The largest absolute Gasteiger partial charge is 0.465 e. The molecule has 0 aromatic heterocycles. The van der Waals surface area contributed by atoms with Crippen LogP contribution in [0, 0.1) is 6.92 Å². The van der Waals surface area contributed by atoms with Gasteiger partial charge in [0.15, 0.2) is 0 Å². The van der Waals surface area contributed by atoms with Crippen LogP contribution >= 0.6 is 11.6 Å². The fourth-order valence-corrected chi connectivity index (χ4v) is 2.10. The van der Waals surface area contributed by atoms with Gasteiger partial charge in [-0.15, -0.1) is 0 Å². The number of benzene rings is 2. The Hall–Kier alpha value is -2.33. The summed E-state index contributed by atoms with van der Waals surface area (Å²) in [5, 5.41) is 3.08. The Balaban J connectivity index is 2.32. The molecular formula is C16H14ClNO3. The van der Waals surface area contributed by atoms with Gasteiger partial charge in [0.1, 0.15) is 0 Å². The van der Waals surface area contributed by atoms with E-state index in [0.29, 0.717) is 16.3 Å². The summed E-state index contributed by atoms with van der Waals surface area (Å²) in [7, 11) is 1.29. The van der Waals surface area contributed by atoms with Crippen LogP contribution in [-0.2, 0) is 4.74 Å². The van der Waals surface area contributed by atoms with Gasteiger partial charge >= 0.3 is 5.97 Å². The number of amides is 1. The van der Waals surface area contributed by atoms with Crippen molar-refractivity contribution in [3.05, 3.63) is 64.2 Å². The molecule has 1 amide bonds. The number of nitrogens with one attached hydrogen (secondary N) is 1. The van der Waals surface area contributed by atoms with Crippen molar-refractivity contribution in [3.63, 3.8) is 0 Å². The molecule has 0 atom stereocenters. The average molecular weight is 304 g/mol. The first-order valence-corrected chi connectivity index (χ1v) is 6.66. The van der Waals surface area contributed by atoms with Crippen LogP contribution in [0.2, 0.25) is 5.02 Å². The zero-order valence-corrected chi connectivity index (χ0v) is 12.4. The van der Waals surface area contributed by atoms with Gasteiger partial charge in [-0.05, 0) is 30.7 Å². The highest BCUT2D eigenvalue weighted by molar-refractivity contribution is 6.35. The standard InChI is InChI=1S/C16H14ClNO3/c1-10-6-5-8-12(14(10)17)15(19)18-13-9-4-3-7-11(13)16(20)21-2/h3-9H,1-2H3,(H,18,19). The predicted octanol–water partition coefficient (Wildman–Crippen LogP) is 3.69. The summed E-state index contributed by atoms with van der Waals surface area (Å²) < 4.78 is 4.69. The van der Waals surface area contributed by atoms with E-state index < -0.39 is 5.97 Å². The highest BCUT2D eigenvalue weighted by Crippen LogP contribution is 2.23. The topological polar surface area (TPSA) is 55.4 Å². The summed E-state index contributed by atoms with van der Waals surface area (Å²) in [6.07, 6.45) is 0. The van der Waals surface area contributed by atoms with Gasteiger partial charge in [0.05, 0.1) is 28.9 Å². The van der Waals surface area contributed by atoms with Crippen LogP contribution in [0.5, 0.6) is 0 Å². The third-order valence-corrected chi connectivity index (χ3v) is 3.52. The number of ether oxygens (including phenoxy) is 1. The minimum atomic E-state index is -0.513. The van der Waals surface area contributed by atoms with Gasteiger partial charge in [-0.3, -0.25) is 4.79 Å². The van der Waals surface area contributed by atoms with Gasteiger partial charge < -0.3 is 10.1 Å². The third kappa shape index (κ3) is 3.23. The first-order valence-electron chi connectivity index (χ1n) is 6.28. The molecule has 2 aromatic carbocycles. The Morgan fingerprint density at radius 2 is 1.71 bits per heavy atom. The number of methoxy groups -OCH3 is 1. The molecule has 0 saturated carbocycles. The van der Waals surface area contributed by atoms with Gasteiger partial charge in [0.25, 0.3) is 5.91 Å². The number of anilines is 1. The Bertz CT molecular complexity index is 698. The summed E-state index contributed by atoms with van der Waals surface area (Å²) >= 11 is 6.13. The zero-order valence-electron chi connectivity index (χ0n) is 11.6. The van der Waals surface area contributed by atoms with Crippen molar-refractivity contribution in [2.45, 2.75) is 6.92 Å². The van der Waals surface area contributed by atoms with Crippen LogP contribution < -0.4 is 5.32 Å². The maximum absolute atomic E-state index is 12.3. The van der Waals surface area contributed by atoms with Gasteiger partial charge in [-0.2, -0.15) is 0 Å². The Kier molecular flexibility index (Phi) is 4.60. The highest BCUT2D eigenvalue weighted by Gasteiger charge is 2.16. The maximum atomic E-state index is 12.3. The lowest BCUT2D eigenvalue weighted by Gasteiger charge is -2.11. The van der Waals surface area contributed by atoms with Crippen LogP contribution in [0.3, 0.4) is 0 Å². The molecule has 2 aromatic rings. The molecule has 21 heavy (non-hydrogen) atoms. The van der Waals surface area contributed by atoms with Crippen LogP contribution in [0.25, 0.3) is 0 Å². The van der Waals surface area contributed by atoms with Gasteiger partial charge in [-0.25, -0.2) is 4.79 Å². The molecule has 0 aliphatic heterocycles. The van der Waals surface area contributed by atoms with Gasteiger partial charge in [0.2, 0.25) is 0 Å². The van der Waals surface area contributed by atoms with E-state index in [1.807, 2.05) is 13.0 Å². The van der Waals surface area contributed by atoms with E-state index in [2.05, 4.69) is 5.32 Å². The third-order valence-electron chi connectivity index (χ3n) is 3.02. The molecule has 0 heterocycles. The van der Waals surface area contributed by atoms with Crippen molar-refractivity contribution in [3.8, 4) is 0 Å². The monoisotopic (exact) mass is 303 g/mol. The number of hydrogen-bond donors (Lipinski definition) is 1. The van der Waals surface area contributed by atoms with E-state index in [1.54, 1.807) is 36.4 Å². The van der Waals surface area contributed by atoms with Crippen molar-refractivity contribution in [1.29, 1.82) is 0 Å². The fraction of sp³-hybridized carbons (Fsp3) is 0.125. The van der Waals surface area contributed by atoms with E-state index in [-0.39, 0.29) is 11.5 Å². The van der Waals surface area contributed by atoms with Crippen LogP contribution in [-0.4, -0.2) is 19.0 Å². The second kappa shape index (κ2) is 6.41. The van der Waals surface area contributed by atoms with E-state index in [1.165, 1.54) is 7.11 Å². The van der Waals surface area contributed by atoms with Crippen molar-refractivity contribution < 1.29 is 14.3 Å². The minimum absolute atomic E-state index is 0.289. The molecule has 0 spiro atoms. The molecule has 0 aliphatic carbocycles.